The van der Waals surface area contributed by atoms with Crippen molar-refractivity contribution in [3.05, 3.63) is 24.2 Å². The minimum absolute atomic E-state index is 0.0858. The molecule has 2 atom stereocenters. The number of rotatable bonds is 4. The van der Waals surface area contributed by atoms with E-state index in [1.165, 1.54) is 19.3 Å². The van der Waals surface area contributed by atoms with Gasteiger partial charge in [-0.2, -0.15) is 0 Å². The summed E-state index contributed by atoms with van der Waals surface area (Å²) in [6.45, 7) is 3.78. The Hall–Kier alpha value is -1.53. The lowest BCUT2D eigenvalue weighted by molar-refractivity contribution is 0.0822. The summed E-state index contributed by atoms with van der Waals surface area (Å²) in [5.41, 5.74) is 0. The first-order valence-corrected chi connectivity index (χ1v) is 8.72. The normalized spacial score (nSPS) is 24.4. The van der Waals surface area contributed by atoms with Crippen molar-refractivity contribution in [2.45, 2.75) is 44.2 Å². The predicted octanol–water partition coefficient (Wildman–Crippen LogP) is 1.97. The van der Waals surface area contributed by atoms with Crippen LogP contribution in [0.1, 0.15) is 43.9 Å². The number of hydrogen-bond donors (Lipinski definition) is 2. The number of likely N-dealkylation sites (tertiary alicyclic amines) is 2. The number of amides is 2. The Morgan fingerprint density at radius 2 is 2.13 bits per heavy atom. The van der Waals surface area contributed by atoms with Gasteiger partial charge in [0.25, 0.3) is 0 Å². The van der Waals surface area contributed by atoms with Crippen molar-refractivity contribution in [3.8, 4) is 0 Å². The zero-order valence-electron chi connectivity index (χ0n) is 13.6. The second kappa shape index (κ2) is 7.84. The van der Waals surface area contributed by atoms with E-state index < -0.39 is 6.10 Å². The second-order valence-electron chi connectivity index (χ2n) is 6.56. The largest absolute Gasteiger partial charge is 0.468 e. The number of aliphatic hydroxyl groups excluding tert-OH is 1. The van der Waals surface area contributed by atoms with Crippen molar-refractivity contribution in [1.82, 2.24) is 15.1 Å². The van der Waals surface area contributed by atoms with Crippen LogP contribution >= 0.6 is 0 Å². The molecule has 2 aliphatic rings. The molecule has 0 saturated carbocycles. The molecule has 2 aliphatic heterocycles. The van der Waals surface area contributed by atoms with Gasteiger partial charge in [0.15, 0.2) is 0 Å². The summed E-state index contributed by atoms with van der Waals surface area (Å²) in [7, 11) is 0. The van der Waals surface area contributed by atoms with E-state index in [2.05, 4.69) is 10.2 Å². The molecular weight excluding hydrogens is 294 g/mol. The maximum Gasteiger partial charge on any atom is 0.317 e. The molecule has 2 fully saturated rings. The molecule has 3 heterocycles. The molecule has 2 amide bonds. The maximum atomic E-state index is 12.4. The van der Waals surface area contributed by atoms with E-state index in [0.29, 0.717) is 13.1 Å². The number of carbonyl (C=O) groups is 1. The van der Waals surface area contributed by atoms with Crippen molar-refractivity contribution in [2.75, 3.05) is 32.7 Å². The van der Waals surface area contributed by atoms with E-state index in [-0.39, 0.29) is 12.1 Å². The Labute approximate surface area is 137 Å². The van der Waals surface area contributed by atoms with E-state index in [0.717, 1.165) is 38.2 Å². The third kappa shape index (κ3) is 4.26. The average molecular weight is 321 g/mol. The number of hydrogen-bond acceptors (Lipinski definition) is 4. The van der Waals surface area contributed by atoms with E-state index in [1.54, 1.807) is 11.2 Å². The van der Waals surface area contributed by atoms with Crippen LogP contribution in [0.15, 0.2) is 22.8 Å². The highest BCUT2D eigenvalue weighted by molar-refractivity contribution is 5.74. The summed E-state index contributed by atoms with van der Waals surface area (Å²) in [6.07, 6.45) is 6.62. The first kappa shape index (κ1) is 16.3. The van der Waals surface area contributed by atoms with Crippen LogP contribution in [0.3, 0.4) is 0 Å². The van der Waals surface area contributed by atoms with Crippen molar-refractivity contribution < 1.29 is 14.3 Å². The lowest BCUT2D eigenvalue weighted by Crippen LogP contribution is -2.49. The SMILES string of the molecule is O=C(NC[C@H](c1ccco1)N1CCCCC1)N1CCC[C@@H](O)C1. The molecule has 0 spiro atoms. The average Bonchev–Trinajstić information content (AvgIpc) is 3.10. The Bertz CT molecular complexity index is 485. The summed E-state index contributed by atoms with van der Waals surface area (Å²) >= 11 is 0. The highest BCUT2D eigenvalue weighted by Gasteiger charge is 2.27. The fourth-order valence-electron chi connectivity index (χ4n) is 3.56. The van der Waals surface area contributed by atoms with E-state index in [1.807, 2.05) is 12.1 Å². The molecular formula is C17H27N3O3. The number of furan rings is 1. The first-order chi connectivity index (χ1) is 11.2. The number of β-amino-alcohol motifs (C(OH)–C–C–N with tert-alkyl or cyclic N) is 1. The predicted molar refractivity (Wildman–Crippen MR) is 87.1 cm³/mol. The van der Waals surface area contributed by atoms with Gasteiger partial charge in [-0.1, -0.05) is 6.42 Å². The van der Waals surface area contributed by atoms with Crippen molar-refractivity contribution in [3.63, 3.8) is 0 Å². The van der Waals surface area contributed by atoms with E-state index in [9.17, 15) is 9.90 Å². The lowest BCUT2D eigenvalue weighted by atomic mass is 10.1. The molecule has 2 N–H and O–H groups in total. The Kier molecular flexibility index (Phi) is 5.56. The molecule has 6 heteroatoms. The molecule has 1 aromatic rings. The zero-order chi connectivity index (χ0) is 16.1. The quantitative estimate of drug-likeness (QED) is 0.890. The van der Waals surface area contributed by atoms with Gasteiger partial charge in [0.05, 0.1) is 18.4 Å². The highest BCUT2D eigenvalue weighted by atomic mass is 16.3. The fourth-order valence-corrected chi connectivity index (χ4v) is 3.56. The van der Waals surface area contributed by atoms with E-state index in [4.69, 9.17) is 4.42 Å². The number of piperidine rings is 2. The van der Waals surface area contributed by atoms with Gasteiger partial charge in [0.2, 0.25) is 0 Å². The Morgan fingerprint density at radius 1 is 1.30 bits per heavy atom. The monoisotopic (exact) mass is 321 g/mol. The van der Waals surface area contributed by atoms with Crippen molar-refractivity contribution in [2.24, 2.45) is 0 Å². The molecule has 2 saturated heterocycles. The third-order valence-corrected chi connectivity index (χ3v) is 4.83. The molecule has 23 heavy (non-hydrogen) atoms. The number of urea groups is 1. The number of nitrogens with zero attached hydrogens (tertiary/aromatic N) is 2. The molecule has 1 aromatic heterocycles. The van der Waals surface area contributed by atoms with Crippen molar-refractivity contribution >= 4 is 6.03 Å². The highest BCUT2D eigenvalue weighted by Crippen LogP contribution is 2.24. The van der Waals surface area contributed by atoms with Gasteiger partial charge in [-0.15, -0.1) is 0 Å². The van der Waals surface area contributed by atoms with Crippen LogP contribution < -0.4 is 5.32 Å². The Balaban J connectivity index is 1.58. The van der Waals surface area contributed by atoms with Gasteiger partial charge in [-0.05, 0) is 50.9 Å². The van der Waals surface area contributed by atoms with Crippen LogP contribution in [0.4, 0.5) is 4.79 Å². The molecule has 6 nitrogen and oxygen atoms in total. The maximum absolute atomic E-state index is 12.4. The Morgan fingerprint density at radius 3 is 2.83 bits per heavy atom. The van der Waals surface area contributed by atoms with Gasteiger partial charge in [0, 0.05) is 19.6 Å². The minimum Gasteiger partial charge on any atom is -0.468 e. The third-order valence-electron chi connectivity index (χ3n) is 4.83. The molecule has 0 aromatic carbocycles. The van der Waals surface area contributed by atoms with E-state index >= 15 is 0 Å². The first-order valence-electron chi connectivity index (χ1n) is 8.72. The van der Waals surface area contributed by atoms with Crippen LogP contribution in [0, 0.1) is 0 Å². The van der Waals surface area contributed by atoms with Crippen LogP contribution in [0.2, 0.25) is 0 Å². The van der Waals surface area contributed by atoms with Gasteiger partial charge >= 0.3 is 6.03 Å². The summed E-state index contributed by atoms with van der Waals surface area (Å²) in [5, 5.41) is 12.7. The summed E-state index contributed by atoms with van der Waals surface area (Å²) in [4.78, 5) is 16.5. The zero-order valence-corrected chi connectivity index (χ0v) is 13.6. The van der Waals surface area contributed by atoms with Gasteiger partial charge in [-0.3, -0.25) is 4.90 Å². The van der Waals surface area contributed by atoms with Crippen LogP contribution in [-0.2, 0) is 0 Å². The smallest absolute Gasteiger partial charge is 0.317 e. The van der Waals surface area contributed by atoms with Gasteiger partial charge < -0.3 is 19.7 Å². The van der Waals surface area contributed by atoms with Crippen LogP contribution in [-0.4, -0.2) is 59.8 Å². The van der Waals surface area contributed by atoms with Crippen LogP contribution in [0.25, 0.3) is 0 Å². The van der Waals surface area contributed by atoms with Gasteiger partial charge in [0.1, 0.15) is 5.76 Å². The molecule has 0 bridgehead atoms. The number of carbonyl (C=O) groups excluding carboxylic acids is 1. The molecule has 0 aliphatic carbocycles. The van der Waals surface area contributed by atoms with Gasteiger partial charge in [-0.25, -0.2) is 4.79 Å². The molecule has 0 unspecified atom stereocenters. The lowest BCUT2D eigenvalue weighted by Gasteiger charge is -2.35. The summed E-state index contributed by atoms with van der Waals surface area (Å²) < 4.78 is 5.60. The summed E-state index contributed by atoms with van der Waals surface area (Å²) in [5.74, 6) is 0.908. The molecule has 3 rings (SSSR count). The van der Waals surface area contributed by atoms with Crippen LogP contribution in [0.5, 0.6) is 0 Å². The minimum atomic E-state index is -0.391. The molecule has 0 radical (unpaired) electrons. The van der Waals surface area contributed by atoms with Crippen molar-refractivity contribution in [1.29, 1.82) is 0 Å². The summed E-state index contributed by atoms with van der Waals surface area (Å²) in [6, 6.07) is 3.88. The molecule has 128 valence electrons. The fraction of sp³-hybridized carbons (Fsp3) is 0.706. The topological polar surface area (TPSA) is 69.0 Å². The number of nitrogens with one attached hydrogen (secondary N) is 1. The number of aliphatic hydroxyl groups is 1. The standard InChI is InChI=1S/C17H27N3O3/c21-14-6-4-10-20(13-14)17(22)18-12-15(16-7-5-11-23-16)19-8-2-1-3-9-19/h5,7,11,14-15,21H,1-4,6,8-10,12-13H2,(H,18,22)/t14-,15-/m1/s1. The second-order valence-corrected chi connectivity index (χ2v) is 6.56.